The number of carbonyl (C=O) groups is 1. The molecule has 4 aromatic rings. The molecular formula is C24H22F3N5OS. The number of benzene rings is 2. The zero-order valence-electron chi connectivity index (χ0n) is 18.4. The molecule has 1 atom stereocenters. The van der Waals surface area contributed by atoms with Gasteiger partial charge >= 0.3 is 0 Å². The Morgan fingerprint density at radius 2 is 1.76 bits per heavy atom. The minimum absolute atomic E-state index is 0. The maximum absolute atomic E-state index is 13.6. The van der Waals surface area contributed by atoms with Crippen LogP contribution in [0.2, 0.25) is 0 Å². The normalized spacial score (nSPS) is 11.6. The van der Waals surface area contributed by atoms with E-state index in [2.05, 4.69) is 25.6 Å². The molecule has 0 fully saturated rings. The van der Waals surface area contributed by atoms with Crippen LogP contribution in [0.1, 0.15) is 28.8 Å². The zero-order valence-corrected chi connectivity index (χ0v) is 19.4. The third kappa shape index (κ3) is 4.96. The van der Waals surface area contributed by atoms with Crippen LogP contribution in [0.5, 0.6) is 0 Å². The average Bonchev–Trinajstić information content (AvgIpc) is 2.84. The van der Waals surface area contributed by atoms with E-state index in [1.54, 1.807) is 19.3 Å². The van der Waals surface area contributed by atoms with Gasteiger partial charge in [0.2, 0.25) is 0 Å². The molecule has 2 aromatic heterocycles. The molecule has 0 aliphatic heterocycles. The Bertz CT molecular complexity index is 1330. The second-order valence-electron chi connectivity index (χ2n) is 7.51. The molecule has 6 nitrogen and oxygen atoms in total. The number of anilines is 1. The minimum atomic E-state index is -1.52. The molecule has 0 unspecified atom stereocenters. The topological polar surface area (TPSA) is 79.8 Å². The van der Waals surface area contributed by atoms with Crippen LogP contribution >= 0.6 is 13.5 Å². The highest BCUT2D eigenvalue weighted by molar-refractivity contribution is 7.59. The molecule has 0 radical (unpaired) electrons. The lowest BCUT2D eigenvalue weighted by atomic mass is 9.96. The van der Waals surface area contributed by atoms with Crippen molar-refractivity contribution < 1.29 is 18.0 Å². The van der Waals surface area contributed by atoms with E-state index in [1.807, 2.05) is 25.1 Å². The number of fused-ring (bicyclic) bond motifs is 1. The summed E-state index contributed by atoms with van der Waals surface area (Å²) in [6.07, 6.45) is 2.87. The summed E-state index contributed by atoms with van der Waals surface area (Å²) in [5, 5.41) is 6.58. The summed E-state index contributed by atoms with van der Waals surface area (Å²) in [5.74, 6) is -3.86. The molecule has 0 saturated carbocycles. The maximum atomic E-state index is 13.6. The summed E-state index contributed by atoms with van der Waals surface area (Å²) < 4.78 is 40.4. The molecule has 4 rings (SSSR count). The van der Waals surface area contributed by atoms with Crippen LogP contribution in [0, 0.1) is 17.5 Å². The Balaban J connectivity index is 0.00000324. The quantitative estimate of drug-likeness (QED) is 0.384. The van der Waals surface area contributed by atoms with E-state index < -0.39 is 17.5 Å². The molecule has 0 saturated heterocycles. The lowest BCUT2D eigenvalue weighted by molar-refractivity contribution is 0.0964. The van der Waals surface area contributed by atoms with E-state index in [4.69, 9.17) is 0 Å². The third-order valence-electron chi connectivity index (χ3n) is 5.34. The molecule has 2 heterocycles. The Hall–Kier alpha value is -3.66. The van der Waals surface area contributed by atoms with Gasteiger partial charge in [0.1, 0.15) is 12.1 Å². The number of aromatic nitrogens is 3. The molecule has 10 heteroatoms. The Labute approximate surface area is 201 Å². The third-order valence-corrected chi connectivity index (χ3v) is 5.34. The molecule has 176 valence electrons. The van der Waals surface area contributed by atoms with Gasteiger partial charge in [-0.1, -0.05) is 25.1 Å². The summed E-state index contributed by atoms with van der Waals surface area (Å²) in [4.78, 5) is 24.9. The van der Waals surface area contributed by atoms with Gasteiger partial charge in [0.05, 0.1) is 16.8 Å². The summed E-state index contributed by atoms with van der Waals surface area (Å²) in [5.41, 5.74) is 2.57. The number of pyridine rings is 1. The number of rotatable bonds is 6. The van der Waals surface area contributed by atoms with Crippen molar-refractivity contribution in [3.05, 3.63) is 83.6 Å². The first-order valence-electron chi connectivity index (χ1n) is 10.2. The fourth-order valence-corrected chi connectivity index (χ4v) is 3.61. The van der Waals surface area contributed by atoms with E-state index >= 15 is 0 Å². The van der Waals surface area contributed by atoms with Crippen molar-refractivity contribution in [3.8, 4) is 11.3 Å². The maximum Gasteiger partial charge on any atom is 0.251 e. The highest BCUT2D eigenvalue weighted by Gasteiger charge is 2.16. The highest BCUT2D eigenvalue weighted by Crippen LogP contribution is 2.27. The molecule has 0 aliphatic rings. The van der Waals surface area contributed by atoms with Crippen LogP contribution in [0.3, 0.4) is 0 Å². The first-order chi connectivity index (χ1) is 15.9. The zero-order chi connectivity index (χ0) is 23.5. The fourth-order valence-electron chi connectivity index (χ4n) is 3.61. The lowest BCUT2D eigenvalue weighted by Gasteiger charge is -2.16. The largest absolute Gasteiger partial charge is 0.369 e. The van der Waals surface area contributed by atoms with Crippen molar-refractivity contribution >= 4 is 36.1 Å². The monoisotopic (exact) mass is 485 g/mol. The summed E-state index contributed by atoms with van der Waals surface area (Å²) >= 11 is 0. The van der Waals surface area contributed by atoms with Crippen molar-refractivity contribution in [2.45, 2.75) is 12.8 Å². The highest BCUT2D eigenvalue weighted by atomic mass is 32.1. The van der Waals surface area contributed by atoms with Crippen LogP contribution in [0.15, 0.2) is 55.0 Å². The smallest absolute Gasteiger partial charge is 0.251 e. The Morgan fingerprint density at radius 1 is 1.03 bits per heavy atom. The van der Waals surface area contributed by atoms with Crippen molar-refractivity contribution in [1.29, 1.82) is 0 Å². The molecule has 1 amide bonds. The Kier molecular flexibility index (Phi) is 7.72. The molecule has 0 spiro atoms. The first kappa shape index (κ1) is 25.0. The van der Waals surface area contributed by atoms with E-state index in [0.717, 1.165) is 28.6 Å². The predicted octanol–water partition coefficient (Wildman–Crippen LogP) is 4.80. The van der Waals surface area contributed by atoms with Gasteiger partial charge in [-0.2, -0.15) is 13.5 Å². The van der Waals surface area contributed by atoms with Crippen LogP contribution in [0.4, 0.5) is 19.0 Å². The van der Waals surface area contributed by atoms with Gasteiger partial charge in [-0.25, -0.2) is 23.1 Å². The van der Waals surface area contributed by atoms with Gasteiger partial charge in [0.15, 0.2) is 17.5 Å². The summed E-state index contributed by atoms with van der Waals surface area (Å²) in [7, 11) is 1.58. The van der Waals surface area contributed by atoms with Crippen LogP contribution in [-0.4, -0.2) is 34.5 Å². The van der Waals surface area contributed by atoms with E-state index in [-0.39, 0.29) is 36.6 Å². The summed E-state index contributed by atoms with van der Waals surface area (Å²) in [6, 6.07) is 10.7. The van der Waals surface area contributed by atoms with Crippen LogP contribution < -0.4 is 10.6 Å². The van der Waals surface area contributed by atoms with Gasteiger partial charge in [0, 0.05) is 42.7 Å². The summed E-state index contributed by atoms with van der Waals surface area (Å²) in [6.45, 7) is 2.47. The van der Waals surface area contributed by atoms with Crippen molar-refractivity contribution in [2.24, 2.45) is 0 Å². The van der Waals surface area contributed by atoms with Crippen LogP contribution in [0.25, 0.3) is 22.2 Å². The lowest BCUT2D eigenvalue weighted by Crippen LogP contribution is -2.18. The van der Waals surface area contributed by atoms with Crippen molar-refractivity contribution in [2.75, 3.05) is 18.9 Å². The molecule has 0 bridgehead atoms. The minimum Gasteiger partial charge on any atom is -0.369 e. The number of hydrogen-bond donors (Lipinski definition) is 2. The second kappa shape index (κ2) is 10.5. The van der Waals surface area contributed by atoms with Gasteiger partial charge in [0.25, 0.3) is 5.91 Å². The molecule has 2 aromatic carbocycles. The van der Waals surface area contributed by atoms with E-state index in [9.17, 15) is 18.0 Å². The van der Waals surface area contributed by atoms with Gasteiger partial charge in [-0.05, 0) is 23.8 Å². The van der Waals surface area contributed by atoms with Gasteiger partial charge in [-0.3, -0.25) is 9.78 Å². The molecule has 0 aliphatic carbocycles. The average molecular weight is 486 g/mol. The number of amides is 1. The number of para-hydroxylation sites is 1. The molecule has 2 N–H and O–H groups in total. The van der Waals surface area contributed by atoms with E-state index in [1.165, 1.54) is 12.4 Å². The number of nitrogens with zero attached hydrogens (tertiary/aromatic N) is 3. The van der Waals surface area contributed by atoms with E-state index in [0.29, 0.717) is 17.9 Å². The number of carbonyl (C=O) groups excluding carboxylic acids is 1. The van der Waals surface area contributed by atoms with Gasteiger partial charge < -0.3 is 10.6 Å². The van der Waals surface area contributed by atoms with Gasteiger partial charge in [-0.15, -0.1) is 0 Å². The Morgan fingerprint density at radius 3 is 2.47 bits per heavy atom. The van der Waals surface area contributed by atoms with Crippen molar-refractivity contribution in [1.82, 2.24) is 20.3 Å². The van der Waals surface area contributed by atoms with Crippen molar-refractivity contribution in [3.63, 3.8) is 0 Å². The van der Waals surface area contributed by atoms with Crippen LogP contribution in [-0.2, 0) is 0 Å². The number of nitrogens with one attached hydrogen (secondary N) is 2. The predicted molar refractivity (Wildman–Crippen MR) is 130 cm³/mol. The molecule has 34 heavy (non-hydrogen) atoms. The number of hydrogen-bond acceptors (Lipinski definition) is 5. The standard InChI is InChI=1S/C24H20F3N5O.H2S/c1-13(15-4-3-5-16-17(24(33)28-2)6-7-29-23(15)16)11-30-21-10-20(31-12-32-21)14-8-18(25)22(27)19(26)9-14;/h3-10,12-13H,11H2,1-2H3,(H,28,33)(H,30,31,32);1H2/t13-;/m1./s1. The SMILES string of the molecule is CNC(=O)c1ccnc2c([C@H](C)CNc3cc(-c4cc(F)c(F)c(F)c4)ncn3)cccc12.S. The first-order valence-corrected chi connectivity index (χ1v) is 10.2. The fraction of sp³-hybridized carbons (Fsp3) is 0.167. The second-order valence-corrected chi connectivity index (χ2v) is 7.51. The number of halogens is 3. The molecular weight excluding hydrogens is 463 g/mol.